The Labute approximate surface area is 84.3 Å². The van der Waals surface area contributed by atoms with Crippen LogP contribution >= 0.6 is 0 Å². The van der Waals surface area contributed by atoms with Crippen molar-refractivity contribution in [3.63, 3.8) is 0 Å². The first-order chi connectivity index (χ1) is 6.90. The Morgan fingerprint density at radius 3 is 2.64 bits per heavy atom. The third-order valence-electron chi connectivity index (χ3n) is 3.82. The largest absolute Gasteiger partial charge is 0.334 e. The zero-order chi connectivity index (χ0) is 9.54. The molecule has 0 saturated heterocycles. The van der Waals surface area contributed by atoms with Gasteiger partial charge in [0.1, 0.15) is 0 Å². The minimum absolute atomic E-state index is 0.565. The minimum Gasteiger partial charge on any atom is -0.334 e. The number of aromatic nitrogens is 2. The van der Waals surface area contributed by atoms with Crippen LogP contribution in [-0.4, -0.2) is 9.55 Å². The van der Waals surface area contributed by atoms with Crippen molar-refractivity contribution in [2.45, 2.75) is 38.3 Å². The molecule has 2 aliphatic carbocycles. The molecule has 3 nitrogen and oxygen atoms in total. The summed E-state index contributed by atoms with van der Waals surface area (Å²) in [6.07, 6.45) is 9.79. The molecule has 2 aliphatic rings. The van der Waals surface area contributed by atoms with Crippen LogP contribution in [0, 0.1) is 11.8 Å². The van der Waals surface area contributed by atoms with Crippen LogP contribution in [0.15, 0.2) is 12.5 Å². The normalized spacial score (nSPS) is 35.4. The van der Waals surface area contributed by atoms with E-state index in [0.29, 0.717) is 6.54 Å². The monoisotopic (exact) mass is 191 g/mol. The quantitative estimate of drug-likeness (QED) is 0.773. The van der Waals surface area contributed by atoms with E-state index in [9.17, 15) is 0 Å². The molecule has 0 amide bonds. The van der Waals surface area contributed by atoms with E-state index >= 15 is 0 Å². The number of hydrogen-bond donors (Lipinski definition) is 1. The summed E-state index contributed by atoms with van der Waals surface area (Å²) in [5, 5.41) is 0. The molecule has 0 radical (unpaired) electrons. The fourth-order valence-electron chi connectivity index (χ4n) is 3.04. The maximum atomic E-state index is 5.55. The molecule has 2 unspecified atom stereocenters. The number of hydrogen-bond acceptors (Lipinski definition) is 2. The molecule has 0 spiro atoms. The van der Waals surface area contributed by atoms with Crippen LogP contribution in [-0.2, 0) is 6.54 Å². The molecule has 14 heavy (non-hydrogen) atoms. The fraction of sp³-hybridized carbons (Fsp3) is 0.727. The molecular formula is C11H17N3. The van der Waals surface area contributed by atoms with Crippen LogP contribution in [0.1, 0.15) is 37.4 Å². The molecule has 2 saturated carbocycles. The first-order valence-corrected chi connectivity index (χ1v) is 5.62. The van der Waals surface area contributed by atoms with Crippen LogP contribution < -0.4 is 5.73 Å². The predicted octanol–water partition coefficient (Wildman–Crippen LogP) is 1.70. The minimum atomic E-state index is 0.565. The van der Waals surface area contributed by atoms with Crippen molar-refractivity contribution >= 4 is 0 Å². The van der Waals surface area contributed by atoms with Crippen molar-refractivity contribution < 1.29 is 0 Å². The van der Waals surface area contributed by atoms with Gasteiger partial charge in [-0.15, -0.1) is 0 Å². The van der Waals surface area contributed by atoms with Crippen LogP contribution in [0.3, 0.4) is 0 Å². The molecular weight excluding hydrogens is 174 g/mol. The fourth-order valence-corrected chi connectivity index (χ4v) is 3.04. The summed E-state index contributed by atoms with van der Waals surface area (Å²) >= 11 is 0. The van der Waals surface area contributed by atoms with E-state index < -0.39 is 0 Å². The summed E-state index contributed by atoms with van der Waals surface area (Å²) in [6.45, 7) is 0.565. The second kappa shape index (κ2) is 3.09. The van der Waals surface area contributed by atoms with Gasteiger partial charge in [-0.05, 0) is 24.7 Å². The predicted molar refractivity (Wildman–Crippen MR) is 54.6 cm³/mol. The topological polar surface area (TPSA) is 43.8 Å². The van der Waals surface area contributed by atoms with Gasteiger partial charge >= 0.3 is 0 Å². The van der Waals surface area contributed by atoms with Crippen molar-refractivity contribution in [3.8, 4) is 0 Å². The van der Waals surface area contributed by atoms with E-state index in [2.05, 4.69) is 15.7 Å². The molecule has 2 fully saturated rings. The SMILES string of the molecule is NCc1cn(C2C3CCCCC32)cn1. The van der Waals surface area contributed by atoms with Gasteiger partial charge in [0.05, 0.1) is 12.0 Å². The Balaban J connectivity index is 1.77. The van der Waals surface area contributed by atoms with Crippen molar-refractivity contribution in [1.29, 1.82) is 0 Å². The Kier molecular flexibility index (Phi) is 1.87. The smallest absolute Gasteiger partial charge is 0.0952 e. The van der Waals surface area contributed by atoms with E-state index in [1.54, 1.807) is 0 Å². The highest BCUT2D eigenvalue weighted by atomic mass is 15.1. The highest BCUT2D eigenvalue weighted by molar-refractivity contribution is 5.08. The molecule has 1 aromatic rings. The van der Waals surface area contributed by atoms with E-state index in [-0.39, 0.29) is 0 Å². The summed E-state index contributed by atoms with van der Waals surface area (Å²) in [5.74, 6) is 1.90. The van der Waals surface area contributed by atoms with Gasteiger partial charge in [-0.2, -0.15) is 0 Å². The lowest BCUT2D eigenvalue weighted by Crippen LogP contribution is -1.96. The summed E-state index contributed by atoms with van der Waals surface area (Å²) in [7, 11) is 0. The lowest BCUT2D eigenvalue weighted by molar-refractivity contribution is 0.480. The van der Waals surface area contributed by atoms with Crippen LogP contribution in [0.4, 0.5) is 0 Å². The maximum absolute atomic E-state index is 5.55. The maximum Gasteiger partial charge on any atom is 0.0952 e. The number of fused-ring (bicyclic) bond motifs is 1. The number of imidazole rings is 1. The van der Waals surface area contributed by atoms with E-state index in [0.717, 1.165) is 23.6 Å². The van der Waals surface area contributed by atoms with Crippen LogP contribution in [0.2, 0.25) is 0 Å². The highest BCUT2D eigenvalue weighted by Crippen LogP contribution is 2.58. The van der Waals surface area contributed by atoms with Crippen molar-refractivity contribution in [2.24, 2.45) is 17.6 Å². The summed E-state index contributed by atoms with van der Waals surface area (Å²) in [5.41, 5.74) is 6.58. The molecule has 2 atom stereocenters. The third-order valence-corrected chi connectivity index (χ3v) is 3.82. The van der Waals surface area contributed by atoms with E-state index in [1.807, 2.05) is 6.33 Å². The van der Waals surface area contributed by atoms with E-state index in [1.165, 1.54) is 25.7 Å². The van der Waals surface area contributed by atoms with Gasteiger partial charge in [-0.1, -0.05) is 12.8 Å². The highest BCUT2D eigenvalue weighted by Gasteiger charge is 2.51. The van der Waals surface area contributed by atoms with Crippen molar-refractivity contribution in [3.05, 3.63) is 18.2 Å². The number of rotatable bonds is 2. The second-order valence-corrected chi connectivity index (χ2v) is 4.62. The van der Waals surface area contributed by atoms with Crippen molar-refractivity contribution in [1.82, 2.24) is 9.55 Å². The Morgan fingerprint density at radius 1 is 1.36 bits per heavy atom. The number of nitrogens with two attached hydrogens (primary N) is 1. The molecule has 0 aliphatic heterocycles. The van der Waals surface area contributed by atoms with Gasteiger partial charge in [0, 0.05) is 18.8 Å². The molecule has 1 heterocycles. The zero-order valence-electron chi connectivity index (χ0n) is 8.39. The summed E-state index contributed by atoms with van der Waals surface area (Å²) in [4.78, 5) is 4.29. The summed E-state index contributed by atoms with van der Waals surface area (Å²) in [6, 6.07) is 0.755. The molecule has 3 heteroatoms. The van der Waals surface area contributed by atoms with Crippen molar-refractivity contribution in [2.75, 3.05) is 0 Å². The van der Waals surface area contributed by atoms with Gasteiger partial charge in [-0.25, -0.2) is 4.98 Å². The lowest BCUT2D eigenvalue weighted by Gasteiger charge is -2.04. The van der Waals surface area contributed by atoms with Crippen LogP contribution in [0.5, 0.6) is 0 Å². The second-order valence-electron chi connectivity index (χ2n) is 4.62. The van der Waals surface area contributed by atoms with Gasteiger partial charge in [0.25, 0.3) is 0 Å². The first-order valence-electron chi connectivity index (χ1n) is 5.62. The molecule has 1 aromatic heterocycles. The average molecular weight is 191 g/mol. The van der Waals surface area contributed by atoms with Gasteiger partial charge in [-0.3, -0.25) is 0 Å². The molecule has 0 bridgehead atoms. The standard InChI is InChI=1S/C11H17N3/c12-5-8-6-14(7-13-8)11-9-3-1-2-4-10(9)11/h6-7,9-11H,1-5,12H2. The molecule has 2 N–H and O–H groups in total. The Morgan fingerprint density at radius 2 is 2.07 bits per heavy atom. The Bertz CT molecular complexity index is 319. The molecule has 0 aromatic carbocycles. The van der Waals surface area contributed by atoms with Gasteiger partial charge in [0.15, 0.2) is 0 Å². The first kappa shape index (κ1) is 8.48. The van der Waals surface area contributed by atoms with Gasteiger partial charge < -0.3 is 10.3 Å². The summed E-state index contributed by atoms with van der Waals surface area (Å²) < 4.78 is 2.29. The molecule has 76 valence electrons. The number of nitrogens with zero attached hydrogens (tertiary/aromatic N) is 2. The lowest BCUT2D eigenvalue weighted by atomic mass is 10.0. The van der Waals surface area contributed by atoms with E-state index in [4.69, 9.17) is 5.73 Å². The van der Waals surface area contributed by atoms with Gasteiger partial charge in [0.2, 0.25) is 0 Å². The average Bonchev–Trinajstić information content (AvgIpc) is 2.77. The third kappa shape index (κ3) is 1.19. The zero-order valence-corrected chi connectivity index (χ0v) is 8.39. The Hall–Kier alpha value is -0.830. The molecule has 3 rings (SSSR count). The van der Waals surface area contributed by atoms with Crippen LogP contribution in [0.25, 0.3) is 0 Å².